The number of carbonyl (C=O) groups excluding carboxylic acids is 2. The summed E-state index contributed by atoms with van der Waals surface area (Å²) in [4.78, 5) is 32.5. The summed E-state index contributed by atoms with van der Waals surface area (Å²) >= 11 is 0. The van der Waals surface area contributed by atoms with E-state index in [0.29, 0.717) is 41.0 Å². The van der Waals surface area contributed by atoms with Gasteiger partial charge in [-0.1, -0.05) is 6.07 Å². The summed E-state index contributed by atoms with van der Waals surface area (Å²) < 4.78 is 14.1. The van der Waals surface area contributed by atoms with E-state index in [9.17, 15) is 14.0 Å². The second-order valence-electron chi connectivity index (χ2n) is 9.10. The minimum atomic E-state index is -0.312. The van der Waals surface area contributed by atoms with Crippen LogP contribution in [-0.2, 0) is 4.79 Å². The average molecular weight is 413 g/mol. The number of carbonyl (C=O) groups is 2. The summed E-state index contributed by atoms with van der Waals surface area (Å²) in [5.41, 5.74) is 2.02. The molecular formula is C23H29FN4O2. The normalized spacial score (nSPS) is 27.5. The second kappa shape index (κ2) is 7.69. The Bertz CT molecular complexity index is 948. The number of piperazine rings is 1. The fourth-order valence-corrected chi connectivity index (χ4v) is 5.56. The number of halogens is 1. The number of rotatable bonds is 3. The number of benzene rings is 1. The van der Waals surface area contributed by atoms with Gasteiger partial charge in [0.15, 0.2) is 0 Å². The Hall–Kier alpha value is -2.41. The lowest BCUT2D eigenvalue weighted by Crippen LogP contribution is -2.56. The van der Waals surface area contributed by atoms with Gasteiger partial charge in [0, 0.05) is 49.6 Å². The van der Waals surface area contributed by atoms with Gasteiger partial charge in [0.25, 0.3) is 5.91 Å². The zero-order chi connectivity index (χ0) is 20.8. The highest BCUT2D eigenvalue weighted by Gasteiger charge is 2.38. The van der Waals surface area contributed by atoms with Crippen LogP contribution < -0.4 is 5.32 Å². The topological polar surface area (TPSA) is 68.4 Å². The van der Waals surface area contributed by atoms with E-state index in [1.54, 1.807) is 12.1 Å². The zero-order valence-electron chi connectivity index (χ0n) is 17.4. The lowest BCUT2D eigenvalue weighted by molar-refractivity contribution is -0.131. The van der Waals surface area contributed by atoms with Crippen LogP contribution in [0.5, 0.6) is 0 Å². The van der Waals surface area contributed by atoms with Crippen LogP contribution in [0.4, 0.5) is 4.39 Å². The maximum atomic E-state index is 14.1. The maximum Gasteiger partial charge on any atom is 0.267 e. The van der Waals surface area contributed by atoms with E-state index >= 15 is 0 Å². The van der Waals surface area contributed by atoms with E-state index in [4.69, 9.17) is 0 Å². The molecule has 3 heterocycles. The monoisotopic (exact) mass is 412 g/mol. The number of aromatic nitrogens is 1. The van der Waals surface area contributed by atoms with E-state index in [1.165, 1.54) is 6.07 Å². The molecule has 0 radical (unpaired) electrons. The highest BCUT2D eigenvalue weighted by Crippen LogP contribution is 2.29. The molecule has 2 saturated heterocycles. The van der Waals surface area contributed by atoms with Crippen molar-refractivity contribution >= 4 is 22.7 Å². The van der Waals surface area contributed by atoms with E-state index in [0.717, 1.165) is 57.3 Å². The number of fused-ring (bicyclic) bond motifs is 2. The molecule has 2 aliphatic heterocycles. The molecule has 30 heavy (non-hydrogen) atoms. The predicted molar refractivity (Wildman–Crippen MR) is 113 cm³/mol. The van der Waals surface area contributed by atoms with E-state index in [2.05, 4.69) is 20.1 Å². The van der Waals surface area contributed by atoms with Gasteiger partial charge >= 0.3 is 0 Å². The van der Waals surface area contributed by atoms with E-state index < -0.39 is 0 Å². The fraction of sp³-hybridized carbons (Fsp3) is 0.565. The Balaban J connectivity index is 1.23. The Morgan fingerprint density at radius 3 is 2.90 bits per heavy atom. The van der Waals surface area contributed by atoms with Gasteiger partial charge in [0.05, 0.1) is 5.52 Å². The van der Waals surface area contributed by atoms with Crippen LogP contribution in [0.3, 0.4) is 0 Å². The first-order chi connectivity index (χ1) is 14.5. The number of amides is 2. The molecule has 6 nitrogen and oxygen atoms in total. The molecular weight excluding hydrogens is 383 g/mol. The van der Waals surface area contributed by atoms with Crippen molar-refractivity contribution in [2.24, 2.45) is 0 Å². The van der Waals surface area contributed by atoms with Crippen LogP contribution in [-0.4, -0.2) is 64.4 Å². The SMILES string of the molecule is Cc1ccc(F)c2cc(C(=O)N[C@@H]3CCC[C@@H](N4CCN5C(=O)CC[C@@H]5C4)C3)[nH]c12. The third kappa shape index (κ3) is 3.49. The molecule has 3 fully saturated rings. The van der Waals surface area contributed by atoms with Crippen molar-refractivity contribution in [3.63, 3.8) is 0 Å². The molecule has 7 heteroatoms. The third-order valence-corrected chi connectivity index (χ3v) is 7.22. The van der Waals surface area contributed by atoms with Gasteiger partial charge in [-0.3, -0.25) is 14.5 Å². The predicted octanol–water partition coefficient (Wildman–Crippen LogP) is 2.96. The first-order valence-electron chi connectivity index (χ1n) is 11.1. The smallest absolute Gasteiger partial charge is 0.267 e. The van der Waals surface area contributed by atoms with Crippen molar-refractivity contribution in [2.45, 2.75) is 63.6 Å². The largest absolute Gasteiger partial charge is 0.350 e. The molecule has 0 spiro atoms. The molecule has 160 valence electrons. The van der Waals surface area contributed by atoms with Crippen LogP contribution >= 0.6 is 0 Å². The third-order valence-electron chi connectivity index (χ3n) is 7.22. The Labute approximate surface area is 175 Å². The zero-order valence-corrected chi connectivity index (χ0v) is 17.4. The molecule has 2 aromatic rings. The first-order valence-corrected chi connectivity index (χ1v) is 11.1. The Kier molecular flexibility index (Phi) is 5.01. The molecule has 3 atom stereocenters. The standard InChI is InChI=1S/C23H29FN4O2/c1-14-5-7-19(24)18-12-20(26-22(14)18)23(30)25-15-3-2-4-16(11-15)27-9-10-28-17(13-27)6-8-21(28)29/h5,7,12,15-17,26H,2-4,6,8-11,13H2,1H3,(H,25,30)/t15-,16-,17-/m1/s1. The number of H-pyrrole nitrogens is 1. The van der Waals surface area contributed by atoms with Crippen molar-refractivity contribution in [3.8, 4) is 0 Å². The maximum absolute atomic E-state index is 14.1. The number of aromatic amines is 1. The Morgan fingerprint density at radius 1 is 1.20 bits per heavy atom. The minimum Gasteiger partial charge on any atom is -0.350 e. The van der Waals surface area contributed by atoms with Gasteiger partial charge in [0.2, 0.25) is 5.91 Å². The van der Waals surface area contributed by atoms with Gasteiger partial charge in [-0.2, -0.15) is 0 Å². The second-order valence-corrected chi connectivity index (χ2v) is 9.10. The van der Waals surface area contributed by atoms with Crippen molar-refractivity contribution < 1.29 is 14.0 Å². The van der Waals surface area contributed by atoms with Crippen LogP contribution in [0.15, 0.2) is 18.2 Å². The quantitative estimate of drug-likeness (QED) is 0.815. The molecule has 1 aromatic heterocycles. The molecule has 2 amide bonds. The first kappa shape index (κ1) is 19.5. The van der Waals surface area contributed by atoms with Gasteiger partial charge in [-0.25, -0.2) is 4.39 Å². The lowest BCUT2D eigenvalue weighted by Gasteiger charge is -2.44. The van der Waals surface area contributed by atoms with Crippen LogP contribution in [0.25, 0.3) is 10.9 Å². The van der Waals surface area contributed by atoms with Crippen molar-refractivity contribution in [1.29, 1.82) is 0 Å². The van der Waals surface area contributed by atoms with E-state index in [1.807, 2.05) is 6.92 Å². The summed E-state index contributed by atoms with van der Waals surface area (Å²) in [6, 6.07) is 5.71. The van der Waals surface area contributed by atoms with E-state index in [-0.39, 0.29) is 17.8 Å². The fourth-order valence-electron chi connectivity index (χ4n) is 5.56. The van der Waals surface area contributed by atoms with Gasteiger partial charge < -0.3 is 15.2 Å². The van der Waals surface area contributed by atoms with Crippen molar-refractivity contribution in [1.82, 2.24) is 20.1 Å². The summed E-state index contributed by atoms with van der Waals surface area (Å²) in [7, 11) is 0. The molecule has 1 saturated carbocycles. The summed E-state index contributed by atoms with van der Waals surface area (Å²) in [5, 5.41) is 3.64. The van der Waals surface area contributed by atoms with Crippen LogP contribution in [0.1, 0.15) is 54.6 Å². The van der Waals surface area contributed by atoms with Crippen LogP contribution in [0.2, 0.25) is 0 Å². The average Bonchev–Trinajstić information content (AvgIpc) is 3.36. The molecule has 2 N–H and O–H groups in total. The highest BCUT2D eigenvalue weighted by molar-refractivity contribution is 5.99. The molecule has 3 aliphatic rings. The van der Waals surface area contributed by atoms with Gasteiger partial charge in [-0.15, -0.1) is 0 Å². The Morgan fingerprint density at radius 2 is 2.07 bits per heavy atom. The number of nitrogens with one attached hydrogen (secondary N) is 2. The molecule has 1 aliphatic carbocycles. The molecule has 5 rings (SSSR count). The minimum absolute atomic E-state index is 0.122. The van der Waals surface area contributed by atoms with Crippen molar-refractivity contribution in [2.75, 3.05) is 19.6 Å². The van der Waals surface area contributed by atoms with Gasteiger partial charge in [0.1, 0.15) is 11.5 Å². The number of hydrogen-bond donors (Lipinski definition) is 2. The number of nitrogens with zero attached hydrogens (tertiary/aromatic N) is 2. The van der Waals surface area contributed by atoms with Crippen LogP contribution in [0, 0.1) is 12.7 Å². The lowest BCUT2D eigenvalue weighted by atomic mass is 9.89. The summed E-state index contributed by atoms with van der Waals surface area (Å²) in [6.07, 6.45) is 5.78. The molecule has 0 bridgehead atoms. The molecule has 1 aromatic carbocycles. The summed E-state index contributed by atoms with van der Waals surface area (Å²) in [5.74, 6) is -0.173. The number of hydrogen-bond acceptors (Lipinski definition) is 3. The van der Waals surface area contributed by atoms with Gasteiger partial charge in [-0.05, 0) is 56.7 Å². The van der Waals surface area contributed by atoms with Crippen molar-refractivity contribution in [3.05, 3.63) is 35.3 Å². The number of aryl methyl sites for hydroxylation is 1. The highest BCUT2D eigenvalue weighted by atomic mass is 19.1. The molecule has 0 unspecified atom stereocenters. The summed E-state index contributed by atoms with van der Waals surface area (Å²) in [6.45, 7) is 4.62.